The molecule has 6 nitrogen and oxygen atoms in total. The molecule has 1 N–H and O–H groups in total. The van der Waals surface area contributed by atoms with Crippen LogP contribution < -0.4 is 9.47 Å². The number of carbonyl (C=O) groups excluding carboxylic acids is 1. The van der Waals surface area contributed by atoms with Crippen molar-refractivity contribution in [2.75, 3.05) is 0 Å². The van der Waals surface area contributed by atoms with Crippen molar-refractivity contribution in [1.82, 2.24) is 4.98 Å². The molecule has 0 aliphatic heterocycles. The van der Waals surface area contributed by atoms with E-state index in [4.69, 9.17) is 14.6 Å². The summed E-state index contributed by atoms with van der Waals surface area (Å²) >= 11 is 0. The number of carboxylic acid groups (broad SMARTS) is 1. The summed E-state index contributed by atoms with van der Waals surface area (Å²) in [7, 11) is 0. The topological polar surface area (TPSA) is 85.7 Å². The van der Waals surface area contributed by atoms with Crippen LogP contribution in [-0.4, -0.2) is 21.8 Å². The van der Waals surface area contributed by atoms with Crippen LogP contribution in [0.3, 0.4) is 0 Å². The lowest BCUT2D eigenvalue weighted by molar-refractivity contribution is -0.131. The lowest BCUT2D eigenvalue weighted by Gasteiger charge is -2.16. The van der Waals surface area contributed by atoms with Gasteiger partial charge in [-0.05, 0) is 65.9 Å². The summed E-state index contributed by atoms with van der Waals surface area (Å²) in [6, 6.07) is 28.4. The average molecular weight is 544 g/mol. The molecule has 0 bridgehead atoms. The largest absolute Gasteiger partial charge is 0.489 e. The fourth-order valence-corrected chi connectivity index (χ4v) is 4.62. The van der Waals surface area contributed by atoms with Crippen LogP contribution in [0.15, 0.2) is 103 Å². The molecule has 41 heavy (non-hydrogen) atoms. The van der Waals surface area contributed by atoms with Gasteiger partial charge in [-0.15, -0.1) is 0 Å². The van der Waals surface area contributed by atoms with E-state index < -0.39 is 5.97 Å². The Morgan fingerprint density at radius 3 is 2.39 bits per heavy atom. The predicted molar refractivity (Wildman–Crippen MR) is 160 cm³/mol. The Morgan fingerprint density at radius 2 is 1.63 bits per heavy atom. The Bertz CT molecular complexity index is 1760. The van der Waals surface area contributed by atoms with Crippen LogP contribution in [0.25, 0.3) is 17.0 Å². The van der Waals surface area contributed by atoms with Crippen LogP contribution in [0.1, 0.15) is 45.1 Å². The van der Waals surface area contributed by atoms with Gasteiger partial charge in [0.15, 0.2) is 5.78 Å². The third-order valence-corrected chi connectivity index (χ3v) is 6.79. The van der Waals surface area contributed by atoms with E-state index in [1.807, 2.05) is 92.7 Å². The highest BCUT2D eigenvalue weighted by Gasteiger charge is 2.21. The van der Waals surface area contributed by atoms with Crippen molar-refractivity contribution < 1.29 is 24.2 Å². The monoisotopic (exact) mass is 543 g/mol. The van der Waals surface area contributed by atoms with E-state index in [0.29, 0.717) is 52.3 Å². The fourth-order valence-electron chi connectivity index (χ4n) is 4.62. The summed E-state index contributed by atoms with van der Waals surface area (Å²) in [4.78, 5) is 29.5. The van der Waals surface area contributed by atoms with E-state index in [1.54, 1.807) is 18.3 Å². The maximum Gasteiger partial charge on any atom is 0.328 e. The Labute approximate surface area is 238 Å². The van der Waals surface area contributed by atoms with Crippen molar-refractivity contribution in [3.8, 4) is 17.2 Å². The summed E-state index contributed by atoms with van der Waals surface area (Å²) < 4.78 is 12.4. The van der Waals surface area contributed by atoms with Crippen LogP contribution in [0.5, 0.6) is 17.2 Å². The molecule has 0 spiro atoms. The highest BCUT2D eigenvalue weighted by molar-refractivity contribution is 6.14. The third-order valence-electron chi connectivity index (χ3n) is 6.79. The number of rotatable bonds is 10. The molecule has 1 aromatic heterocycles. The smallest absolute Gasteiger partial charge is 0.328 e. The van der Waals surface area contributed by atoms with Crippen molar-refractivity contribution in [2.24, 2.45) is 0 Å². The van der Waals surface area contributed by atoms with E-state index in [2.05, 4.69) is 4.98 Å². The molecule has 5 aromatic rings. The molecule has 0 amide bonds. The maximum absolute atomic E-state index is 13.9. The van der Waals surface area contributed by atoms with Gasteiger partial charge < -0.3 is 14.6 Å². The Hall–Kier alpha value is -5.23. The number of ether oxygens (including phenoxy) is 2. The van der Waals surface area contributed by atoms with Gasteiger partial charge in [-0.2, -0.15) is 0 Å². The molecule has 0 aliphatic carbocycles. The van der Waals surface area contributed by atoms with Gasteiger partial charge in [0, 0.05) is 29.3 Å². The molecular weight excluding hydrogens is 514 g/mol. The van der Waals surface area contributed by atoms with Gasteiger partial charge >= 0.3 is 5.97 Å². The van der Waals surface area contributed by atoms with Gasteiger partial charge in [0.05, 0.1) is 11.1 Å². The van der Waals surface area contributed by atoms with Crippen molar-refractivity contribution in [2.45, 2.75) is 26.9 Å². The lowest BCUT2D eigenvalue weighted by atomic mass is 9.96. The zero-order valence-electron chi connectivity index (χ0n) is 22.8. The lowest BCUT2D eigenvalue weighted by Crippen LogP contribution is -2.08. The average Bonchev–Trinajstić information content (AvgIpc) is 2.99. The van der Waals surface area contributed by atoms with Gasteiger partial charge in [-0.1, -0.05) is 67.6 Å². The minimum Gasteiger partial charge on any atom is -0.489 e. The minimum atomic E-state index is -1.02. The number of fused-ring (bicyclic) bond motifs is 1. The molecule has 0 radical (unpaired) electrons. The number of benzene rings is 4. The first-order chi connectivity index (χ1) is 19.9. The van der Waals surface area contributed by atoms with Crippen LogP contribution >= 0.6 is 0 Å². The Kier molecular flexibility index (Phi) is 8.20. The number of nitrogens with zero attached hydrogens (tertiary/aromatic N) is 1. The molecule has 1 heterocycles. The fraction of sp³-hybridized carbons (Fsp3) is 0.114. The van der Waals surface area contributed by atoms with E-state index >= 15 is 0 Å². The van der Waals surface area contributed by atoms with Gasteiger partial charge in [-0.25, -0.2) is 4.79 Å². The number of ketones is 1. The first-order valence-corrected chi connectivity index (χ1v) is 13.3. The zero-order valence-corrected chi connectivity index (χ0v) is 22.8. The Morgan fingerprint density at radius 1 is 0.878 bits per heavy atom. The standard InChI is InChI=1S/C35H29NO5/c1-3-25-11-7-8-12-29(25)34(39)31-21-36-32-20-27(40-22-24-9-5-4-6-10-24)16-17-30(32)35(31)41-28-15-13-26(23(2)19-28)14-18-33(37)38/h4-21H,3,22H2,1-2H3,(H,37,38)/b18-14+. The van der Waals surface area contributed by atoms with Crippen LogP contribution in [0.4, 0.5) is 0 Å². The number of hydrogen-bond acceptors (Lipinski definition) is 5. The Balaban J connectivity index is 1.55. The molecule has 0 aliphatic rings. The summed E-state index contributed by atoms with van der Waals surface area (Å²) in [5.41, 5.74) is 5.17. The molecular formula is C35H29NO5. The van der Waals surface area contributed by atoms with E-state index in [0.717, 1.165) is 28.3 Å². The van der Waals surface area contributed by atoms with E-state index in [9.17, 15) is 9.59 Å². The normalized spacial score (nSPS) is 11.1. The SMILES string of the molecule is CCc1ccccc1C(=O)c1cnc2cc(OCc3ccccc3)ccc2c1Oc1ccc(/C=C/C(=O)O)c(C)c1. The number of carboxylic acids is 1. The van der Waals surface area contributed by atoms with Gasteiger partial charge in [0.25, 0.3) is 0 Å². The number of aromatic nitrogens is 1. The maximum atomic E-state index is 13.9. The number of pyridine rings is 1. The predicted octanol–water partition coefficient (Wildman–Crippen LogP) is 7.81. The second kappa shape index (κ2) is 12.3. The number of carbonyl (C=O) groups is 2. The second-order valence-corrected chi connectivity index (χ2v) is 9.59. The van der Waals surface area contributed by atoms with Crippen molar-refractivity contribution in [3.05, 3.63) is 137 Å². The molecule has 204 valence electrons. The van der Waals surface area contributed by atoms with Crippen molar-refractivity contribution in [1.29, 1.82) is 0 Å². The summed E-state index contributed by atoms with van der Waals surface area (Å²) in [5, 5.41) is 9.65. The highest BCUT2D eigenvalue weighted by atomic mass is 16.5. The van der Waals surface area contributed by atoms with Crippen LogP contribution in [0, 0.1) is 6.92 Å². The highest BCUT2D eigenvalue weighted by Crippen LogP contribution is 2.36. The zero-order chi connectivity index (χ0) is 28.8. The van der Waals surface area contributed by atoms with Gasteiger partial charge in [-0.3, -0.25) is 9.78 Å². The van der Waals surface area contributed by atoms with E-state index in [-0.39, 0.29) is 5.78 Å². The van der Waals surface area contributed by atoms with Crippen molar-refractivity contribution in [3.63, 3.8) is 0 Å². The van der Waals surface area contributed by atoms with Crippen LogP contribution in [0.2, 0.25) is 0 Å². The second-order valence-electron chi connectivity index (χ2n) is 9.59. The third kappa shape index (κ3) is 6.34. The van der Waals surface area contributed by atoms with E-state index in [1.165, 1.54) is 6.08 Å². The summed E-state index contributed by atoms with van der Waals surface area (Å²) in [5.74, 6) is 0.378. The molecule has 0 fully saturated rings. The first kappa shape index (κ1) is 27.3. The number of aryl methyl sites for hydroxylation is 2. The van der Waals surface area contributed by atoms with Gasteiger partial charge in [0.2, 0.25) is 0 Å². The number of aliphatic carboxylic acids is 1. The quantitative estimate of drug-likeness (QED) is 0.143. The first-order valence-electron chi connectivity index (χ1n) is 13.3. The van der Waals surface area contributed by atoms with Crippen molar-refractivity contribution >= 4 is 28.7 Å². The molecule has 0 saturated carbocycles. The van der Waals surface area contributed by atoms with Gasteiger partial charge in [0.1, 0.15) is 23.9 Å². The van der Waals surface area contributed by atoms with Crippen LogP contribution in [-0.2, 0) is 17.8 Å². The molecule has 6 heteroatoms. The molecule has 0 unspecified atom stereocenters. The molecule has 0 saturated heterocycles. The number of hydrogen-bond donors (Lipinski definition) is 1. The summed E-state index contributed by atoms with van der Waals surface area (Å²) in [6.07, 6.45) is 4.91. The summed E-state index contributed by atoms with van der Waals surface area (Å²) in [6.45, 7) is 4.31. The molecule has 0 atom stereocenters. The minimum absolute atomic E-state index is 0.172. The molecule has 5 rings (SSSR count). The molecule has 4 aromatic carbocycles.